The number of benzene rings is 1. The standard InChI is InChI=1S/C18H18F3N3O4S/c1-23-14(26)8-10-4-5-24(28-7-6-25)17(27)15(10)16(23)22-13-3-2-11(9-12(13)19)29-18(20)21/h2-3,8-9,18,22,25H,4-7H2,1H3. The van der Waals surface area contributed by atoms with Gasteiger partial charge in [-0.15, -0.1) is 0 Å². The predicted molar refractivity (Wildman–Crippen MR) is 101 cm³/mol. The molecule has 0 aliphatic carbocycles. The van der Waals surface area contributed by atoms with E-state index in [1.165, 1.54) is 25.2 Å². The summed E-state index contributed by atoms with van der Waals surface area (Å²) in [5.41, 5.74) is 0.152. The topological polar surface area (TPSA) is 83.8 Å². The first-order chi connectivity index (χ1) is 13.8. The molecule has 0 unspecified atom stereocenters. The van der Waals surface area contributed by atoms with E-state index < -0.39 is 23.0 Å². The molecule has 1 aliphatic rings. The lowest BCUT2D eigenvalue weighted by Crippen LogP contribution is -2.40. The van der Waals surface area contributed by atoms with Crippen molar-refractivity contribution >= 4 is 29.2 Å². The van der Waals surface area contributed by atoms with Crippen molar-refractivity contribution in [3.63, 3.8) is 0 Å². The van der Waals surface area contributed by atoms with Gasteiger partial charge in [0, 0.05) is 18.0 Å². The lowest BCUT2D eigenvalue weighted by Gasteiger charge is -2.29. The number of rotatable bonds is 7. The molecule has 156 valence electrons. The van der Waals surface area contributed by atoms with E-state index in [-0.39, 0.29) is 53.5 Å². The number of hydrogen-bond acceptors (Lipinski definition) is 6. The largest absolute Gasteiger partial charge is 0.394 e. The molecule has 1 aromatic carbocycles. The molecule has 1 amide bonds. The fourth-order valence-electron chi connectivity index (χ4n) is 2.95. The van der Waals surface area contributed by atoms with Crippen molar-refractivity contribution in [1.82, 2.24) is 9.63 Å². The second-order valence-corrected chi connectivity index (χ2v) is 7.21. The van der Waals surface area contributed by atoms with Crippen molar-refractivity contribution in [2.45, 2.75) is 17.1 Å². The summed E-state index contributed by atoms with van der Waals surface area (Å²) < 4.78 is 40.5. The Balaban J connectivity index is 1.99. The van der Waals surface area contributed by atoms with E-state index in [9.17, 15) is 22.8 Å². The van der Waals surface area contributed by atoms with Gasteiger partial charge < -0.3 is 10.4 Å². The van der Waals surface area contributed by atoms with Crippen molar-refractivity contribution in [1.29, 1.82) is 0 Å². The number of pyridine rings is 1. The van der Waals surface area contributed by atoms with Crippen LogP contribution in [-0.2, 0) is 18.3 Å². The molecule has 1 aromatic heterocycles. The molecule has 0 atom stereocenters. The number of halogens is 3. The van der Waals surface area contributed by atoms with Crippen LogP contribution in [0.5, 0.6) is 0 Å². The Bertz CT molecular complexity index is 984. The van der Waals surface area contributed by atoms with Crippen molar-refractivity contribution in [2.75, 3.05) is 25.1 Å². The van der Waals surface area contributed by atoms with Gasteiger partial charge in [0.1, 0.15) is 11.6 Å². The number of thioether (sulfide) groups is 1. The number of aliphatic hydroxyl groups is 1. The molecule has 0 saturated carbocycles. The summed E-state index contributed by atoms with van der Waals surface area (Å²) in [7, 11) is 1.42. The van der Waals surface area contributed by atoms with E-state index in [0.717, 1.165) is 15.7 Å². The summed E-state index contributed by atoms with van der Waals surface area (Å²) in [5, 5.41) is 12.7. The van der Waals surface area contributed by atoms with Crippen LogP contribution in [0.1, 0.15) is 15.9 Å². The van der Waals surface area contributed by atoms with Gasteiger partial charge in [0.05, 0.1) is 31.0 Å². The molecule has 29 heavy (non-hydrogen) atoms. The van der Waals surface area contributed by atoms with Crippen LogP contribution in [-0.4, -0.2) is 46.2 Å². The molecule has 2 heterocycles. The monoisotopic (exact) mass is 429 g/mol. The van der Waals surface area contributed by atoms with E-state index in [4.69, 9.17) is 9.94 Å². The Morgan fingerprint density at radius 1 is 1.31 bits per heavy atom. The highest BCUT2D eigenvalue weighted by Gasteiger charge is 2.30. The van der Waals surface area contributed by atoms with Gasteiger partial charge in [0.2, 0.25) is 0 Å². The number of aliphatic hydroxyl groups excluding tert-OH is 1. The minimum absolute atomic E-state index is 0.0479. The predicted octanol–water partition coefficient (Wildman–Crippen LogP) is 2.50. The van der Waals surface area contributed by atoms with Crippen LogP contribution in [0.3, 0.4) is 0 Å². The quantitative estimate of drug-likeness (QED) is 0.658. The molecule has 0 saturated heterocycles. The van der Waals surface area contributed by atoms with Gasteiger partial charge in [0.15, 0.2) is 0 Å². The minimum Gasteiger partial charge on any atom is -0.394 e. The number of nitrogens with zero attached hydrogens (tertiary/aromatic N) is 2. The molecule has 2 N–H and O–H groups in total. The second kappa shape index (κ2) is 8.89. The number of anilines is 2. The fourth-order valence-corrected chi connectivity index (χ4v) is 3.48. The SMILES string of the molecule is Cn1c(Nc2ccc(SC(F)F)cc2F)c2c(cc1=O)CCN(OCCO)C2=O. The summed E-state index contributed by atoms with van der Waals surface area (Å²) in [6, 6.07) is 4.86. The lowest BCUT2D eigenvalue weighted by molar-refractivity contribution is -0.132. The molecule has 0 radical (unpaired) electrons. The maximum absolute atomic E-state index is 14.4. The van der Waals surface area contributed by atoms with Gasteiger partial charge in [-0.05, 0) is 30.2 Å². The number of nitrogens with one attached hydrogen (secondary N) is 1. The Kier molecular flexibility index (Phi) is 6.50. The van der Waals surface area contributed by atoms with Crippen LogP contribution >= 0.6 is 11.8 Å². The average Bonchev–Trinajstić information content (AvgIpc) is 2.66. The van der Waals surface area contributed by atoms with Crippen LogP contribution in [0.25, 0.3) is 0 Å². The number of aromatic nitrogens is 1. The number of carbonyl (C=O) groups excluding carboxylic acids is 1. The van der Waals surface area contributed by atoms with Crippen molar-refractivity contribution in [3.05, 3.63) is 51.6 Å². The van der Waals surface area contributed by atoms with Gasteiger partial charge in [-0.2, -0.15) is 8.78 Å². The third kappa shape index (κ3) is 4.57. The minimum atomic E-state index is -2.68. The number of amides is 1. The highest BCUT2D eigenvalue weighted by Crippen LogP contribution is 2.31. The molecule has 11 heteroatoms. The van der Waals surface area contributed by atoms with Gasteiger partial charge >= 0.3 is 0 Å². The summed E-state index contributed by atoms with van der Waals surface area (Å²) in [4.78, 5) is 30.4. The Hall–Kier alpha value is -2.50. The van der Waals surface area contributed by atoms with Gasteiger partial charge in [0.25, 0.3) is 17.2 Å². The number of carbonyl (C=O) groups is 1. The van der Waals surface area contributed by atoms with E-state index in [1.807, 2.05) is 0 Å². The van der Waals surface area contributed by atoms with E-state index >= 15 is 0 Å². The molecule has 3 rings (SSSR count). The van der Waals surface area contributed by atoms with Gasteiger partial charge in [-0.3, -0.25) is 19.0 Å². The van der Waals surface area contributed by atoms with E-state index in [2.05, 4.69) is 5.32 Å². The Labute approximate surface area is 168 Å². The third-order valence-electron chi connectivity index (χ3n) is 4.30. The maximum atomic E-state index is 14.4. The molecule has 1 aliphatic heterocycles. The number of hydroxylamine groups is 2. The van der Waals surface area contributed by atoms with Crippen molar-refractivity contribution < 1.29 is 27.9 Å². The zero-order valence-electron chi connectivity index (χ0n) is 15.3. The van der Waals surface area contributed by atoms with Crippen LogP contribution in [0.15, 0.2) is 34.0 Å². The fraction of sp³-hybridized carbons (Fsp3) is 0.333. The molecule has 7 nitrogen and oxygen atoms in total. The molecule has 0 fully saturated rings. The summed E-state index contributed by atoms with van der Waals surface area (Å²) in [5.74, 6) is -3.97. The Morgan fingerprint density at radius 2 is 2.07 bits per heavy atom. The summed E-state index contributed by atoms with van der Waals surface area (Å²) in [6.07, 6.45) is 0.337. The molecule has 0 bridgehead atoms. The second-order valence-electron chi connectivity index (χ2n) is 6.15. The van der Waals surface area contributed by atoms with Crippen LogP contribution in [0.2, 0.25) is 0 Å². The number of alkyl halides is 2. The van der Waals surface area contributed by atoms with E-state index in [1.54, 1.807) is 0 Å². The first-order valence-electron chi connectivity index (χ1n) is 8.61. The molecule has 2 aromatic rings. The van der Waals surface area contributed by atoms with E-state index in [0.29, 0.717) is 12.0 Å². The summed E-state index contributed by atoms with van der Waals surface area (Å²) >= 11 is 0.210. The highest BCUT2D eigenvalue weighted by atomic mass is 32.2. The highest BCUT2D eigenvalue weighted by molar-refractivity contribution is 7.99. The lowest BCUT2D eigenvalue weighted by atomic mass is 10.0. The maximum Gasteiger partial charge on any atom is 0.288 e. The summed E-state index contributed by atoms with van der Waals surface area (Å²) in [6.45, 7) is -0.150. The average molecular weight is 429 g/mol. The van der Waals surface area contributed by atoms with Crippen LogP contribution in [0, 0.1) is 5.82 Å². The number of hydrogen-bond donors (Lipinski definition) is 2. The zero-order chi connectivity index (χ0) is 21.1. The molecular weight excluding hydrogens is 411 g/mol. The van der Waals surface area contributed by atoms with Crippen LogP contribution < -0.4 is 10.9 Å². The smallest absolute Gasteiger partial charge is 0.288 e. The number of fused-ring (bicyclic) bond motifs is 1. The van der Waals surface area contributed by atoms with Crippen molar-refractivity contribution in [3.8, 4) is 0 Å². The van der Waals surface area contributed by atoms with Gasteiger partial charge in [-0.1, -0.05) is 11.8 Å². The zero-order valence-corrected chi connectivity index (χ0v) is 16.1. The Morgan fingerprint density at radius 3 is 2.72 bits per heavy atom. The first kappa shape index (κ1) is 21.2. The van der Waals surface area contributed by atoms with Crippen LogP contribution in [0.4, 0.5) is 24.7 Å². The van der Waals surface area contributed by atoms with Crippen molar-refractivity contribution in [2.24, 2.45) is 7.05 Å². The molecule has 0 spiro atoms. The normalized spacial score (nSPS) is 13.7. The van der Waals surface area contributed by atoms with Gasteiger partial charge in [-0.25, -0.2) is 9.45 Å². The first-order valence-corrected chi connectivity index (χ1v) is 9.49. The third-order valence-corrected chi connectivity index (χ3v) is 5.01. The molecular formula is C18H18F3N3O4S.